The van der Waals surface area contributed by atoms with Crippen molar-refractivity contribution in [1.29, 1.82) is 0 Å². The van der Waals surface area contributed by atoms with E-state index in [0.717, 1.165) is 12.8 Å². The first-order chi connectivity index (χ1) is 8.08. The van der Waals surface area contributed by atoms with Crippen molar-refractivity contribution >= 4 is 11.9 Å². The van der Waals surface area contributed by atoms with Gasteiger partial charge in [0.2, 0.25) is 5.91 Å². The Morgan fingerprint density at radius 3 is 2.59 bits per heavy atom. The van der Waals surface area contributed by atoms with Crippen LogP contribution in [0.1, 0.15) is 32.6 Å². The maximum absolute atomic E-state index is 11.9. The lowest BCUT2D eigenvalue weighted by atomic mass is 10.0. The van der Waals surface area contributed by atoms with Crippen molar-refractivity contribution in [3.05, 3.63) is 0 Å². The first kappa shape index (κ1) is 12.4. The van der Waals surface area contributed by atoms with Crippen LogP contribution >= 0.6 is 0 Å². The fourth-order valence-corrected chi connectivity index (χ4v) is 2.72. The number of hydrogen-bond acceptors (Lipinski definition) is 3. The molecule has 2 rings (SSSR count). The van der Waals surface area contributed by atoms with E-state index in [9.17, 15) is 9.59 Å². The molecule has 0 radical (unpaired) electrons. The molecule has 17 heavy (non-hydrogen) atoms. The maximum atomic E-state index is 11.9. The summed E-state index contributed by atoms with van der Waals surface area (Å²) in [6, 6.07) is 0.0244. The Bertz CT molecular complexity index is 318. The number of nitrogens with one attached hydrogen (secondary N) is 1. The average molecular weight is 241 g/mol. The van der Waals surface area contributed by atoms with Crippen LogP contribution in [0.5, 0.6) is 0 Å². The van der Waals surface area contributed by atoms with Gasteiger partial charge in [0.15, 0.2) is 0 Å². The molecule has 1 amide bonds. The van der Waals surface area contributed by atoms with E-state index in [1.54, 1.807) is 0 Å². The minimum Gasteiger partial charge on any atom is -0.481 e. The highest BCUT2D eigenvalue weighted by Gasteiger charge is 2.35. The molecule has 1 saturated heterocycles. The molecular weight excluding hydrogens is 222 g/mol. The minimum absolute atomic E-state index is 0.0195. The predicted octanol–water partition coefficient (Wildman–Crippen LogP) is 0.781. The summed E-state index contributed by atoms with van der Waals surface area (Å²) in [4.78, 5) is 22.8. The van der Waals surface area contributed by atoms with Crippen molar-refractivity contribution in [1.82, 2.24) is 5.32 Å². The SMILES string of the molecule is CC1OCCC1C(=O)NC1CCC(C(=O)O)C1. The molecule has 2 N–H and O–H groups in total. The quantitative estimate of drug-likeness (QED) is 0.765. The number of hydrogen-bond donors (Lipinski definition) is 2. The summed E-state index contributed by atoms with van der Waals surface area (Å²) in [6.45, 7) is 2.55. The first-order valence-electron chi connectivity index (χ1n) is 6.22. The van der Waals surface area contributed by atoms with Crippen LogP contribution < -0.4 is 5.32 Å². The molecule has 4 atom stereocenters. The number of amides is 1. The van der Waals surface area contributed by atoms with Crippen LogP contribution in [0.25, 0.3) is 0 Å². The van der Waals surface area contributed by atoms with E-state index in [0.29, 0.717) is 19.4 Å². The molecular formula is C12H19NO4. The summed E-state index contributed by atoms with van der Waals surface area (Å²) in [5.74, 6) is -1.10. The van der Waals surface area contributed by atoms with Gasteiger partial charge in [-0.2, -0.15) is 0 Å². The van der Waals surface area contributed by atoms with Crippen molar-refractivity contribution in [3.8, 4) is 0 Å². The third-order valence-electron chi connectivity index (χ3n) is 3.84. The number of carbonyl (C=O) groups excluding carboxylic acids is 1. The average Bonchev–Trinajstić information content (AvgIpc) is 2.86. The normalized spacial score (nSPS) is 37.0. The van der Waals surface area contributed by atoms with Crippen molar-refractivity contribution < 1.29 is 19.4 Å². The molecule has 1 saturated carbocycles. The van der Waals surface area contributed by atoms with Gasteiger partial charge in [-0.05, 0) is 32.6 Å². The predicted molar refractivity (Wildman–Crippen MR) is 60.4 cm³/mol. The van der Waals surface area contributed by atoms with E-state index in [4.69, 9.17) is 9.84 Å². The highest BCUT2D eigenvalue weighted by Crippen LogP contribution is 2.27. The lowest BCUT2D eigenvalue weighted by Crippen LogP contribution is -2.40. The summed E-state index contributed by atoms with van der Waals surface area (Å²) in [5, 5.41) is 11.8. The standard InChI is InChI=1S/C12H19NO4/c1-7-10(4-5-17-7)11(14)13-9-3-2-8(6-9)12(15)16/h7-10H,2-6H2,1H3,(H,13,14)(H,15,16). The summed E-state index contributed by atoms with van der Waals surface area (Å²) >= 11 is 0. The van der Waals surface area contributed by atoms with Crippen LogP contribution in [0.15, 0.2) is 0 Å². The Morgan fingerprint density at radius 1 is 1.29 bits per heavy atom. The van der Waals surface area contributed by atoms with Gasteiger partial charge in [-0.15, -0.1) is 0 Å². The Morgan fingerprint density at radius 2 is 2.06 bits per heavy atom. The van der Waals surface area contributed by atoms with Gasteiger partial charge < -0.3 is 15.2 Å². The van der Waals surface area contributed by atoms with Crippen molar-refractivity contribution in [2.24, 2.45) is 11.8 Å². The Labute approximate surface area is 101 Å². The molecule has 5 nitrogen and oxygen atoms in total. The second kappa shape index (κ2) is 5.04. The fraction of sp³-hybridized carbons (Fsp3) is 0.833. The molecule has 2 aliphatic rings. The zero-order chi connectivity index (χ0) is 12.4. The molecule has 4 unspecified atom stereocenters. The molecule has 96 valence electrons. The molecule has 1 aliphatic heterocycles. The van der Waals surface area contributed by atoms with Crippen LogP contribution in [-0.2, 0) is 14.3 Å². The lowest BCUT2D eigenvalue weighted by Gasteiger charge is -2.18. The number of rotatable bonds is 3. The summed E-state index contributed by atoms with van der Waals surface area (Å²) in [6.07, 6.45) is 2.74. The Kier molecular flexibility index (Phi) is 3.66. The van der Waals surface area contributed by atoms with E-state index in [2.05, 4.69) is 5.32 Å². The third kappa shape index (κ3) is 2.77. The van der Waals surface area contributed by atoms with E-state index >= 15 is 0 Å². The summed E-state index contributed by atoms with van der Waals surface area (Å²) < 4.78 is 5.36. The number of carbonyl (C=O) groups is 2. The van der Waals surface area contributed by atoms with Crippen LogP contribution in [0.4, 0.5) is 0 Å². The highest BCUT2D eigenvalue weighted by atomic mass is 16.5. The lowest BCUT2D eigenvalue weighted by molar-refractivity contribution is -0.141. The number of ether oxygens (including phenoxy) is 1. The van der Waals surface area contributed by atoms with E-state index in [-0.39, 0.29) is 29.9 Å². The van der Waals surface area contributed by atoms with E-state index < -0.39 is 5.97 Å². The molecule has 0 aromatic carbocycles. The van der Waals surface area contributed by atoms with E-state index in [1.807, 2.05) is 6.92 Å². The smallest absolute Gasteiger partial charge is 0.306 e. The van der Waals surface area contributed by atoms with Gasteiger partial charge >= 0.3 is 5.97 Å². The number of carboxylic acid groups (broad SMARTS) is 1. The van der Waals surface area contributed by atoms with Gasteiger partial charge in [0, 0.05) is 12.6 Å². The van der Waals surface area contributed by atoms with Crippen LogP contribution in [-0.4, -0.2) is 35.7 Å². The third-order valence-corrected chi connectivity index (χ3v) is 3.84. The molecule has 5 heteroatoms. The van der Waals surface area contributed by atoms with Crippen molar-refractivity contribution in [2.75, 3.05) is 6.61 Å². The number of carboxylic acids is 1. The Balaban J connectivity index is 1.82. The zero-order valence-electron chi connectivity index (χ0n) is 10.0. The Hall–Kier alpha value is -1.10. The topological polar surface area (TPSA) is 75.6 Å². The van der Waals surface area contributed by atoms with Gasteiger partial charge in [0.05, 0.1) is 17.9 Å². The molecule has 0 bridgehead atoms. The van der Waals surface area contributed by atoms with Gasteiger partial charge in [-0.3, -0.25) is 9.59 Å². The van der Waals surface area contributed by atoms with Gasteiger partial charge in [0.25, 0.3) is 0 Å². The molecule has 0 spiro atoms. The largest absolute Gasteiger partial charge is 0.481 e. The van der Waals surface area contributed by atoms with Crippen LogP contribution in [0.2, 0.25) is 0 Å². The highest BCUT2D eigenvalue weighted by molar-refractivity contribution is 5.80. The molecule has 1 aliphatic carbocycles. The second-order valence-corrected chi connectivity index (χ2v) is 5.02. The van der Waals surface area contributed by atoms with Crippen molar-refractivity contribution in [2.45, 2.75) is 44.8 Å². The zero-order valence-corrected chi connectivity index (χ0v) is 10.0. The minimum atomic E-state index is -0.751. The molecule has 0 aromatic heterocycles. The van der Waals surface area contributed by atoms with Crippen LogP contribution in [0, 0.1) is 11.8 Å². The molecule has 0 aromatic rings. The first-order valence-corrected chi connectivity index (χ1v) is 6.22. The van der Waals surface area contributed by atoms with Gasteiger partial charge in [0.1, 0.15) is 0 Å². The molecule has 2 fully saturated rings. The maximum Gasteiger partial charge on any atom is 0.306 e. The van der Waals surface area contributed by atoms with Crippen LogP contribution in [0.3, 0.4) is 0 Å². The monoisotopic (exact) mass is 241 g/mol. The van der Waals surface area contributed by atoms with E-state index in [1.165, 1.54) is 0 Å². The van der Waals surface area contributed by atoms with Gasteiger partial charge in [-0.25, -0.2) is 0 Å². The molecule has 1 heterocycles. The van der Waals surface area contributed by atoms with Gasteiger partial charge in [-0.1, -0.05) is 0 Å². The summed E-state index contributed by atoms with van der Waals surface area (Å²) in [5.41, 5.74) is 0. The second-order valence-electron chi connectivity index (χ2n) is 5.02. The summed E-state index contributed by atoms with van der Waals surface area (Å²) in [7, 11) is 0. The fourth-order valence-electron chi connectivity index (χ4n) is 2.72. The van der Waals surface area contributed by atoms with Crippen molar-refractivity contribution in [3.63, 3.8) is 0 Å². The number of aliphatic carboxylic acids is 1.